The smallest absolute Gasteiger partial charge is 0.337 e. The molecule has 0 saturated carbocycles. The summed E-state index contributed by atoms with van der Waals surface area (Å²) in [5.74, 6) is -0.910. The summed E-state index contributed by atoms with van der Waals surface area (Å²) in [6, 6.07) is 9.16. The number of anilines is 1. The maximum absolute atomic E-state index is 11.3. The van der Waals surface area contributed by atoms with Crippen LogP contribution in [-0.2, 0) is 6.42 Å². The molecular formula is C15H14ClNO2S. The minimum absolute atomic E-state index is 0.142. The lowest BCUT2D eigenvalue weighted by Gasteiger charge is -2.25. The predicted molar refractivity (Wildman–Crippen MR) is 82.0 cm³/mol. The van der Waals surface area contributed by atoms with Gasteiger partial charge in [-0.05, 0) is 43.0 Å². The predicted octanol–water partition coefficient (Wildman–Crippen LogP) is 4.59. The molecule has 0 radical (unpaired) electrons. The fourth-order valence-corrected chi connectivity index (χ4v) is 4.04. The summed E-state index contributed by atoms with van der Waals surface area (Å²) < 4.78 is 0.801. The van der Waals surface area contributed by atoms with E-state index in [1.165, 1.54) is 10.4 Å². The van der Waals surface area contributed by atoms with Crippen molar-refractivity contribution < 1.29 is 9.90 Å². The van der Waals surface area contributed by atoms with Crippen LogP contribution in [0.1, 0.15) is 39.7 Å². The van der Waals surface area contributed by atoms with Crippen molar-refractivity contribution in [2.45, 2.75) is 25.3 Å². The average Bonchev–Trinajstić information content (AvgIpc) is 2.80. The normalized spacial score (nSPS) is 17.6. The highest BCUT2D eigenvalue weighted by molar-refractivity contribution is 7.16. The summed E-state index contributed by atoms with van der Waals surface area (Å²) in [7, 11) is 0. The number of aromatic carboxylic acids is 1. The molecule has 1 aliphatic rings. The number of benzene rings is 1. The van der Waals surface area contributed by atoms with Crippen LogP contribution in [0, 0.1) is 0 Å². The van der Waals surface area contributed by atoms with Gasteiger partial charge in [-0.25, -0.2) is 4.79 Å². The Kier molecular flexibility index (Phi) is 3.68. The molecule has 1 unspecified atom stereocenters. The fourth-order valence-electron chi connectivity index (χ4n) is 2.65. The molecule has 0 aliphatic heterocycles. The molecule has 20 heavy (non-hydrogen) atoms. The van der Waals surface area contributed by atoms with Gasteiger partial charge in [-0.2, -0.15) is 0 Å². The lowest BCUT2D eigenvalue weighted by Crippen LogP contribution is -2.17. The molecule has 1 atom stereocenters. The average molecular weight is 308 g/mol. The summed E-state index contributed by atoms with van der Waals surface area (Å²) in [4.78, 5) is 12.6. The summed E-state index contributed by atoms with van der Waals surface area (Å²) in [5, 5.41) is 12.6. The molecule has 0 fully saturated rings. The summed E-state index contributed by atoms with van der Waals surface area (Å²) in [6.45, 7) is 0. The Hall–Kier alpha value is -1.52. The van der Waals surface area contributed by atoms with E-state index in [0.717, 1.165) is 23.6 Å². The highest BCUT2D eigenvalue weighted by atomic mass is 35.5. The molecule has 0 saturated heterocycles. The highest BCUT2D eigenvalue weighted by Gasteiger charge is 2.23. The maximum Gasteiger partial charge on any atom is 0.337 e. The minimum atomic E-state index is -0.910. The van der Waals surface area contributed by atoms with Gasteiger partial charge >= 0.3 is 5.97 Å². The van der Waals surface area contributed by atoms with Gasteiger partial charge in [0.05, 0.1) is 15.9 Å². The van der Waals surface area contributed by atoms with Gasteiger partial charge in [0.1, 0.15) is 0 Å². The second-order valence-corrected chi connectivity index (χ2v) is 6.64. The van der Waals surface area contributed by atoms with Crippen LogP contribution >= 0.6 is 22.9 Å². The van der Waals surface area contributed by atoms with Crippen LogP contribution < -0.4 is 5.32 Å². The van der Waals surface area contributed by atoms with Crippen LogP contribution in [0.3, 0.4) is 0 Å². The molecule has 104 valence electrons. The first kappa shape index (κ1) is 13.5. The van der Waals surface area contributed by atoms with Crippen LogP contribution in [0.5, 0.6) is 0 Å². The molecule has 5 heteroatoms. The van der Waals surface area contributed by atoms with Crippen molar-refractivity contribution >= 4 is 34.6 Å². The number of rotatable bonds is 3. The van der Waals surface area contributed by atoms with Gasteiger partial charge in [0.15, 0.2) is 0 Å². The number of carboxylic acid groups (broad SMARTS) is 1. The van der Waals surface area contributed by atoms with Crippen molar-refractivity contribution in [2.75, 3.05) is 5.32 Å². The van der Waals surface area contributed by atoms with E-state index in [1.54, 1.807) is 23.5 Å². The van der Waals surface area contributed by atoms with Gasteiger partial charge in [0.2, 0.25) is 0 Å². The fraction of sp³-hybridized carbons (Fsp3) is 0.267. The first-order valence-electron chi connectivity index (χ1n) is 6.52. The number of para-hydroxylation sites is 1. The summed E-state index contributed by atoms with van der Waals surface area (Å²) >= 11 is 7.72. The van der Waals surface area contributed by atoms with Crippen LogP contribution in [-0.4, -0.2) is 11.1 Å². The molecule has 1 heterocycles. The lowest BCUT2D eigenvalue weighted by molar-refractivity contribution is 0.0698. The van der Waals surface area contributed by atoms with Crippen molar-refractivity contribution in [1.82, 2.24) is 0 Å². The molecule has 1 aliphatic carbocycles. The van der Waals surface area contributed by atoms with Gasteiger partial charge < -0.3 is 10.4 Å². The molecule has 0 spiro atoms. The van der Waals surface area contributed by atoms with Crippen molar-refractivity contribution in [3.05, 3.63) is 50.7 Å². The Morgan fingerprint density at radius 3 is 3.00 bits per heavy atom. The van der Waals surface area contributed by atoms with E-state index in [2.05, 4.69) is 5.32 Å². The second-order valence-electron chi connectivity index (χ2n) is 4.87. The maximum atomic E-state index is 11.3. The van der Waals surface area contributed by atoms with E-state index in [4.69, 9.17) is 11.6 Å². The third-order valence-corrected chi connectivity index (χ3v) is 4.91. The molecule has 1 aromatic carbocycles. The Balaban J connectivity index is 1.91. The number of hydrogen-bond acceptors (Lipinski definition) is 3. The zero-order valence-electron chi connectivity index (χ0n) is 10.7. The van der Waals surface area contributed by atoms with Gasteiger partial charge in [0, 0.05) is 10.6 Å². The van der Waals surface area contributed by atoms with Crippen LogP contribution in [0.4, 0.5) is 5.69 Å². The van der Waals surface area contributed by atoms with Gasteiger partial charge in [-0.1, -0.05) is 23.7 Å². The van der Waals surface area contributed by atoms with E-state index in [9.17, 15) is 9.90 Å². The van der Waals surface area contributed by atoms with Crippen LogP contribution in [0.15, 0.2) is 30.3 Å². The topological polar surface area (TPSA) is 49.3 Å². The molecule has 0 bridgehead atoms. The van der Waals surface area contributed by atoms with E-state index in [1.807, 2.05) is 18.2 Å². The Morgan fingerprint density at radius 1 is 1.40 bits per heavy atom. The van der Waals surface area contributed by atoms with Gasteiger partial charge in [0.25, 0.3) is 0 Å². The third-order valence-electron chi connectivity index (χ3n) is 3.57. The number of carbonyl (C=O) groups is 1. The molecule has 3 rings (SSSR count). The number of aryl methyl sites for hydroxylation is 1. The Labute approximate surface area is 126 Å². The van der Waals surface area contributed by atoms with Gasteiger partial charge in [-0.3, -0.25) is 0 Å². The number of hydrogen-bond donors (Lipinski definition) is 2. The Morgan fingerprint density at radius 2 is 2.20 bits per heavy atom. The molecule has 2 aromatic rings. The van der Waals surface area contributed by atoms with Crippen LogP contribution in [0.25, 0.3) is 0 Å². The first-order chi connectivity index (χ1) is 9.65. The summed E-state index contributed by atoms with van der Waals surface area (Å²) in [6.07, 6.45) is 3.15. The first-order valence-corrected chi connectivity index (χ1v) is 7.71. The second kappa shape index (κ2) is 5.46. The quantitative estimate of drug-likeness (QED) is 0.872. The number of halogens is 1. The monoisotopic (exact) mass is 307 g/mol. The van der Waals surface area contributed by atoms with Crippen molar-refractivity contribution in [3.63, 3.8) is 0 Å². The third kappa shape index (κ3) is 2.53. The zero-order chi connectivity index (χ0) is 14.1. The summed E-state index contributed by atoms with van der Waals surface area (Å²) in [5.41, 5.74) is 2.19. The molecule has 2 N–H and O–H groups in total. The molecular weight excluding hydrogens is 294 g/mol. The van der Waals surface area contributed by atoms with Gasteiger partial charge in [-0.15, -0.1) is 11.3 Å². The largest absolute Gasteiger partial charge is 0.478 e. The number of nitrogens with one attached hydrogen (secondary N) is 1. The van der Waals surface area contributed by atoms with E-state index >= 15 is 0 Å². The standard InChI is InChI=1S/C15H14ClNO2S/c16-14-8-10-12(6-3-7-13(10)20-14)17-11-5-2-1-4-9(11)15(18)19/h1-2,4-5,8,12,17H,3,6-7H2,(H,18,19). The number of thiophene rings is 1. The van der Waals surface area contributed by atoms with Crippen LogP contribution in [0.2, 0.25) is 4.34 Å². The lowest BCUT2D eigenvalue weighted by atomic mass is 9.93. The van der Waals surface area contributed by atoms with Crippen molar-refractivity contribution in [2.24, 2.45) is 0 Å². The van der Waals surface area contributed by atoms with E-state index in [-0.39, 0.29) is 6.04 Å². The molecule has 3 nitrogen and oxygen atoms in total. The highest BCUT2D eigenvalue weighted by Crippen LogP contribution is 2.39. The number of carboxylic acids is 1. The van der Waals surface area contributed by atoms with E-state index in [0.29, 0.717) is 11.3 Å². The zero-order valence-corrected chi connectivity index (χ0v) is 12.3. The molecule has 0 amide bonds. The van der Waals surface area contributed by atoms with E-state index < -0.39 is 5.97 Å². The SMILES string of the molecule is O=C(O)c1ccccc1NC1CCCc2sc(Cl)cc21. The number of fused-ring (bicyclic) bond motifs is 1. The Bertz CT molecular complexity index is 653. The van der Waals surface area contributed by atoms with Crippen molar-refractivity contribution in [3.8, 4) is 0 Å². The van der Waals surface area contributed by atoms with Crippen molar-refractivity contribution in [1.29, 1.82) is 0 Å². The minimum Gasteiger partial charge on any atom is -0.478 e. The molecule has 1 aromatic heterocycles.